The van der Waals surface area contributed by atoms with Gasteiger partial charge in [0.15, 0.2) is 8.24 Å². The number of benzene rings is 1. The van der Waals surface area contributed by atoms with Crippen LogP contribution in [-0.2, 0) is 0 Å². The first kappa shape index (κ1) is 15.0. The molecule has 0 N–H and O–H groups in total. The van der Waals surface area contributed by atoms with Crippen molar-refractivity contribution in [1.29, 1.82) is 0 Å². The number of para-hydroxylation sites is 1. The second-order valence-corrected chi connectivity index (χ2v) is 9.84. The second kappa shape index (κ2) is 7.42. The Labute approximate surface area is 114 Å². The van der Waals surface area contributed by atoms with Crippen LogP contribution in [0.15, 0.2) is 42.6 Å². The molecule has 0 heterocycles. The molecule has 1 aromatic rings. The molecule has 0 fully saturated rings. The molecule has 0 saturated carbocycles. The standard InChI is InChI=1S/C16H27NSi/c1-5-9-15-17(16-13-11-10-12-14-16)18(6-2,7-3)8-4/h9-15H,5-8H2,1-4H3/b15-9+. The molecular weight excluding hydrogens is 234 g/mol. The maximum absolute atomic E-state index is 2.61. The molecule has 0 unspecified atom stereocenters. The van der Waals surface area contributed by atoms with E-state index in [0.29, 0.717) is 0 Å². The fourth-order valence-corrected chi connectivity index (χ4v) is 6.22. The van der Waals surface area contributed by atoms with Crippen LogP contribution in [0.4, 0.5) is 5.69 Å². The van der Waals surface area contributed by atoms with Gasteiger partial charge in [0, 0.05) is 5.69 Å². The molecule has 0 aliphatic heterocycles. The van der Waals surface area contributed by atoms with Gasteiger partial charge in [-0.3, -0.25) is 0 Å². The predicted molar refractivity (Wildman–Crippen MR) is 85.5 cm³/mol. The highest BCUT2D eigenvalue weighted by atomic mass is 28.3. The summed E-state index contributed by atoms with van der Waals surface area (Å²) in [5.41, 5.74) is 1.36. The monoisotopic (exact) mass is 261 g/mol. The average molecular weight is 261 g/mol. The van der Waals surface area contributed by atoms with E-state index in [1.54, 1.807) is 0 Å². The second-order valence-electron chi connectivity index (χ2n) is 4.78. The molecule has 0 aromatic heterocycles. The van der Waals surface area contributed by atoms with Crippen LogP contribution in [0, 0.1) is 0 Å². The lowest BCUT2D eigenvalue weighted by Gasteiger charge is -2.40. The van der Waals surface area contributed by atoms with E-state index in [4.69, 9.17) is 0 Å². The van der Waals surface area contributed by atoms with E-state index in [-0.39, 0.29) is 0 Å². The molecule has 0 amide bonds. The first-order chi connectivity index (χ1) is 8.74. The quantitative estimate of drug-likeness (QED) is 0.592. The van der Waals surface area contributed by atoms with Crippen molar-refractivity contribution in [3.8, 4) is 0 Å². The number of allylic oxidation sites excluding steroid dienone is 1. The van der Waals surface area contributed by atoms with Gasteiger partial charge in [0.2, 0.25) is 0 Å². The molecule has 0 spiro atoms. The Morgan fingerprint density at radius 3 is 1.94 bits per heavy atom. The maximum atomic E-state index is 2.61. The Balaban J connectivity index is 3.16. The van der Waals surface area contributed by atoms with E-state index >= 15 is 0 Å². The van der Waals surface area contributed by atoms with Gasteiger partial charge >= 0.3 is 0 Å². The number of hydrogen-bond donors (Lipinski definition) is 0. The van der Waals surface area contributed by atoms with Crippen LogP contribution in [0.3, 0.4) is 0 Å². The largest absolute Gasteiger partial charge is 0.375 e. The first-order valence-corrected chi connectivity index (χ1v) is 9.82. The SMILES string of the molecule is CC/C=C/N(c1ccccc1)[Si](CC)(CC)CC. The van der Waals surface area contributed by atoms with Gasteiger partial charge in [-0.2, -0.15) is 0 Å². The summed E-state index contributed by atoms with van der Waals surface area (Å²) in [7, 11) is -1.38. The predicted octanol–water partition coefficient (Wildman–Crippen LogP) is 5.42. The zero-order valence-corrected chi connectivity index (χ0v) is 13.3. The van der Waals surface area contributed by atoms with Crippen LogP contribution in [0.1, 0.15) is 34.1 Å². The summed E-state index contributed by atoms with van der Waals surface area (Å²) in [4.78, 5) is 0. The van der Waals surface area contributed by atoms with Crippen molar-refractivity contribution >= 4 is 13.9 Å². The Kier molecular flexibility index (Phi) is 6.20. The van der Waals surface area contributed by atoms with Gasteiger partial charge in [-0.25, -0.2) is 0 Å². The van der Waals surface area contributed by atoms with Gasteiger partial charge in [0.25, 0.3) is 0 Å². The molecular formula is C16H27NSi. The number of rotatable bonds is 7. The fourth-order valence-electron chi connectivity index (χ4n) is 2.58. The van der Waals surface area contributed by atoms with Crippen LogP contribution >= 0.6 is 0 Å². The molecule has 1 rings (SSSR count). The van der Waals surface area contributed by atoms with Gasteiger partial charge in [-0.05, 0) is 42.9 Å². The van der Waals surface area contributed by atoms with Gasteiger partial charge in [-0.1, -0.05) is 52.0 Å². The topological polar surface area (TPSA) is 3.24 Å². The zero-order chi connectivity index (χ0) is 13.4. The zero-order valence-electron chi connectivity index (χ0n) is 12.3. The molecule has 1 aromatic carbocycles. The van der Waals surface area contributed by atoms with Crippen molar-refractivity contribution in [2.24, 2.45) is 0 Å². The Morgan fingerprint density at radius 1 is 0.944 bits per heavy atom. The highest BCUT2D eigenvalue weighted by molar-refractivity contribution is 6.83. The van der Waals surface area contributed by atoms with E-state index in [1.165, 1.54) is 23.8 Å². The summed E-state index contributed by atoms with van der Waals surface area (Å²) in [6.07, 6.45) is 5.72. The van der Waals surface area contributed by atoms with Crippen LogP contribution in [0.25, 0.3) is 0 Å². The summed E-state index contributed by atoms with van der Waals surface area (Å²) in [5.74, 6) is 0. The van der Waals surface area contributed by atoms with Gasteiger partial charge in [0.1, 0.15) is 0 Å². The van der Waals surface area contributed by atoms with Gasteiger partial charge < -0.3 is 4.57 Å². The third-order valence-corrected chi connectivity index (χ3v) is 9.39. The van der Waals surface area contributed by atoms with Crippen LogP contribution < -0.4 is 4.57 Å². The lowest BCUT2D eigenvalue weighted by molar-refractivity contribution is 1.09. The summed E-state index contributed by atoms with van der Waals surface area (Å²) in [6.45, 7) is 9.27. The molecule has 0 aliphatic rings. The minimum absolute atomic E-state index is 1.10. The number of hydrogen-bond acceptors (Lipinski definition) is 1. The third kappa shape index (κ3) is 3.26. The molecule has 0 radical (unpaired) electrons. The van der Waals surface area contributed by atoms with Crippen molar-refractivity contribution in [1.82, 2.24) is 0 Å². The van der Waals surface area contributed by atoms with Crippen LogP contribution in [-0.4, -0.2) is 8.24 Å². The number of nitrogens with zero attached hydrogens (tertiary/aromatic N) is 1. The minimum atomic E-state index is -1.38. The molecule has 1 nitrogen and oxygen atoms in total. The average Bonchev–Trinajstić information content (AvgIpc) is 2.45. The van der Waals surface area contributed by atoms with E-state index in [9.17, 15) is 0 Å². The molecule has 100 valence electrons. The van der Waals surface area contributed by atoms with Crippen molar-refractivity contribution in [3.05, 3.63) is 42.6 Å². The third-order valence-electron chi connectivity index (χ3n) is 4.01. The van der Waals surface area contributed by atoms with E-state index < -0.39 is 8.24 Å². The van der Waals surface area contributed by atoms with Crippen molar-refractivity contribution < 1.29 is 0 Å². The van der Waals surface area contributed by atoms with Gasteiger partial charge in [-0.15, -0.1) is 0 Å². The maximum Gasteiger partial charge on any atom is 0.161 e. The van der Waals surface area contributed by atoms with E-state index in [1.807, 2.05) is 0 Å². The molecule has 0 saturated heterocycles. The molecule has 2 heteroatoms. The summed E-state index contributed by atoms with van der Waals surface area (Å²) < 4.78 is 2.61. The number of anilines is 1. The molecule has 0 aliphatic carbocycles. The highest BCUT2D eigenvalue weighted by Gasteiger charge is 2.33. The Hall–Kier alpha value is -1.02. The Bertz CT molecular complexity index is 346. The molecule has 0 atom stereocenters. The lowest BCUT2D eigenvalue weighted by Crippen LogP contribution is -2.49. The van der Waals surface area contributed by atoms with E-state index in [2.05, 4.69) is 74.9 Å². The molecule has 18 heavy (non-hydrogen) atoms. The summed E-state index contributed by atoms with van der Waals surface area (Å²) in [6, 6.07) is 14.8. The minimum Gasteiger partial charge on any atom is -0.375 e. The van der Waals surface area contributed by atoms with E-state index in [0.717, 1.165) is 6.42 Å². The normalized spacial score (nSPS) is 12.0. The molecule has 0 bridgehead atoms. The smallest absolute Gasteiger partial charge is 0.161 e. The highest BCUT2D eigenvalue weighted by Crippen LogP contribution is 2.30. The Morgan fingerprint density at radius 2 is 1.50 bits per heavy atom. The van der Waals surface area contributed by atoms with Crippen molar-refractivity contribution in [2.75, 3.05) is 4.57 Å². The fraction of sp³-hybridized carbons (Fsp3) is 0.500. The van der Waals surface area contributed by atoms with Crippen molar-refractivity contribution in [3.63, 3.8) is 0 Å². The van der Waals surface area contributed by atoms with Crippen molar-refractivity contribution in [2.45, 2.75) is 52.2 Å². The first-order valence-electron chi connectivity index (χ1n) is 7.25. The van der Waals surface area contributed by atoms with Crippen LogP contribution in [0.5, 0.6) is 0 Å². The lowest BCUT2D eigenvalue weighted by atomic mass is 10.3. The van der Waals surface area contributed by atoms with Gasteiger partial charge in [0.05, 0.1) is 0 Å². The van der Waals surface area contributed by atoms with Crippen LogP contribution in [0.2, 0.25) is 18.1 Å². The summed E-state index contributed by atoms with van der Waals surface area (Å²) >= 11 is 0. The summed E-state index contributed by atoms with van der Waals surface area (Å²) in [5, 5.41) is 0.